The molecule has 0 radical (unpaired) electrons. The highest BCUT2D eigenvalue weighted by atomic mass is 32.1. The highest BCUT2D eigenvalue weighted by Gasteiger charge is 2.20. The van der Waals surface area contributed by atoms with Crippen LogP contribution in [0.25, 0.3) is 20.7 Å². The molecule has 7 heteroatoms. The molecule has 0 spiro atoms. The Morgan fingerprint density at radius 1 is 1.43 bits per heavy atom. The van der Waals surface area contributed by atoms with Crippen molar-refractivity contribution in [1.29, 1.82) is 0 Å². The van der Waals surface area contributed by atoms with Crippen molar-refractivity contribution in [3.8, 4) is 10.4 Å². The van der Waals surface area contributed by atoms with Crippen molar-refractivity contribution in [1.82, 2.24) is 9.55 Å². The summed E-state index contributed by atoms with van der Waals surface area (Å²) in [6.45, 7) is 1.88. The van der Waals surface area contributed by atoms with Crippen LogP contribution in [0.4, 0.5) is 4.39 Å². The van der Waals surface area contributed by atoms with Gasteiger partial charge in [0.15, 0.2) is 0 Å². The third-order valence-corrected chi connectivity index (χ3v) is 5.56. The second kappa shape index (κ2) is 6.90. The van der Waals surface area contributed by atoms with Gasteiger partial charge in [-0.3, -0.25) is 9.36 Å². The molecule has 0 atom stereocenters. The van der Waals surface area contributed by atoms with E-state index in [4.69, 9.17) is 4.74 Å². The normalized spacial score (nSPS) is 11.4. The summed E-state index contributed by atoms with van der Waals surface area (Å²) in [7, 11) is 1.60. The average Bonchev–Trinajstić information content (AvgIpc) is 3.15. The van der Waals surface area contributed by atoms with E-state index in [1.807, 2.05) is 24.4 Å². The predicted molar refractivity (Wildman–Crippen MR) is 93.5 cm³/mol. The highest BCUT2D eigenvalue weighted by Crippen LogP contribution is 2.37. The van der Waals surface area contributed by atoms with Crippen LogP contribution in [0.3, 0.4) is 0 Å². The predicted octanol–water partition coefficient (Wildman–Crippen LogP) is 3.65. The Morgan fingerprint density at radius 2 is 2.26 bits per heavy atom. The highest BCUT2D eigenvalue weighted by molar-refractivity contribution is 7.20. The number of hydrogen-bond acceptors (Lipinski definition) is 5. The summed E-state index contributed by atoms with van der Waals surface area (Å²) in [5.41, 5.74) is 0.773. The molecule has 0 fully saturated rings. The third kappa shape index (κ3) is 2.96. The molecule has 3 aromatic rings. The standard InChI is InChI=1S/C16H17FN2O2S2/c1-10-13(11-4-3-9-22-11)14-15(23-10)18-12(5-8-21-2)19(7-6-17)16(14)20/h3-4,9H,5-8H2,1-2H3. The molecule has 23 heavy (non-hydrogen) atoms. The number of nitrogens with zero attached hydrogens (tertiary/aromatic N) is 2. The first-order valence-corrected chi connectivity index (χ1v) is 8.98. The molecule has 0 aliphatic rings. The largest absolute Gasteiger partial charge is 0.384 e. The summed E-state index contributed by atoms with van der Waals surface area (Å²) >= 11 is 3.11. The van der Waals surface area contributed by atoms with Crippen LogP contribution in [-0.4, -0.2) is 29.9 Å². The monoisotopic (exact) mass is 352 g/mol. The summed E-state index contributed by atoms with van der Waals surface area (Å²) in [5.74, 6) is 0.584. The SMILES string of the molecule is COCCc1nc2sc(C)c(-c3cccs3)c2c(=O)n1CCF. The summed E-state index contributed by atoms with van der Waals surface area (Å²) < 4.78 is 19.4. The van der Waals surface area contributed by atoms with Crippen molar-refractivity contribution < 1.29 is 9.13 Å². The lowest BCUT2D eigenvalue weighted by molar-refractivity contribution is 0.199. The van der Waals surface area contributed by atoms with E-state index in [-0.39, 0.29) is 12.1 Å². The van der Waals surface area contributed by atoms with Crippen molar-refractivity contribution in [2.45, 2.75) is 19.9 Å². The Kier molecular flexibility index (Phi) is 4.89. The van der Waals surface area contributed by atoms with Crippen molar-refractivity contribution in [3.05, 3.63) is 38.6 Å². The second-order valence-corrected chi connectivity index (χ2v) is 7.26. The number of aryl methyl sites for hydroxylation is 1. The maximum atomic E-state index is 13.0. The summed E-state index contributed by atoms with van der Waals surface area (Å²) in [6, 6.07) is 3.96. The molecule has 0 aliphatic carbocycles. The van der Waals surface area contributed by atoms with Gasteiger partial charge in [0.05, 0.1) is 18.5 Å². The van der Waals surface area contributed by atoms with Gasteiger partial charge in [0.25, 0.3) is 5.56 Å². The molecule has 122 valence electrons. The lowest BCUT2D eigenvalue weighted by Gasteiger charge is -2.11. The van der Waals surface area contributed by atoms with Crippen LogP contribution in [-0.2, 0) is 17.7 Å². The number of alkyl halides is 1. The van der Waals surface area contributed by atoms with Crippen molar-refractivity contribution in [3.63, 3.8) is 0 Å². The van der Waals surface area contributed by atoms with Gasteiger partial charge in [0.1, 0.15) is 17.3 Å². The van der Waals surface area contributed by atoms with Crippen molar-refractivity contribution in [2.24, 2.45) is 0 Å². The fourth-order valence-electron chi connectivity index (χ4n) is 2.65. The van der Waals surface area contributed by atoms with Gasteiger partial charge in [-0.25, -0.2) is 9.37 Å². The lowest BCUT2D eigenvalue weighted by atomic mass is 10.1. The van der Waals surface area contributed by atoms with Crippen LogP contribution >= 0.6 is 22.7 Å². The molecule has 0 aliphatic heterocycles. The maximum absolute atomic E-state index is 13.0. The van der Waals surface area contributed by atoms with E-state index in [1.165, 1.54) is 15.9 Å². The Labute approximate surface area is 141 Å². The number of halogens is 1. The lowest BCUT2D eigenvalue weighted by Crippen LogP contribution is -2.26. The minimum absolute atomic E-state index is 0.0274. The molecule has 4 nitrogen and oxygen atoms in total. The fourth-order valence-corrected chi connectivity index (χ4v) is 4.60. The van der Waals surface area contributed by atoms with Gasteiger partial charge in [-0.15, -0.1) is 22.7 Å². The zero-order valence-electron chi connectivity index (χ0n) is 13.0. The number of fused-ring (bicyclic) bond motifs is 1. The zero-order valence-corrected chi connectivity index (χ0v) is 14.6. The Balaban J connectivity index is 2.27. The second-order valence-electron chi connectivity index (χ2n) is 5.11. The minimum Gasteiger partial charge on any atom is -0.384 e. The zero-order chi connectivity index (χ0) is 16.4. The first-order valence-electron chi connectivity index (χ1n) is 7.29. The van der Waals surface area contributed by atoms with Crippen molar-refractivity contribution >= 4 is 32.9 Å². The molecule has 0 saturated carbocycles. The first-order chi connectivity index (χ1) is 11.2. The molecule has 0 N–H and O–H groups in total. The number of rotatable bonds is 6. The number of hydrogen-bond donors (Lipinski definition) is 0. The van der Waals surface area contributed by atoms with Crippen LogP contribution in [0.5, 0.6) is 0 Å². The van der Waals surface area contributed by atoms with Crippen LogP contribution in [0.2, 0.25) is 0 Å². The molecule has 3 heterocycles. The number of methoxy groups -OCH3 is 1. The van der Waals surface area contributed by atoms with Crippen LogP contribution in [0.15, 0.2) is 22.3 Å². The first kappa shape index (κ1) is 16.3. The molecule has 0 saturated heterocycles. The Bertz CT molecular complexity index is 868. The number of ether oxygens (including phenoxy) is 1. The summed E-state index contributed by atoms with van der Waals surface area (Å²) in [5, 5.41) is 2.59. The maximum Gasteiger partial charge on any atom is 0.263 e. The van der Waals surface area contributed by atoms with Gasteiger partial charge in [0.2, 0.25) is 0 Å². The van der Waals surface area contributed by atoms with E-state index in [9.17, 15) is 9.18 Å². The third-order valence-electron chi connectivity index (χ3n) is 3.67. The van der Waals surface area contributed by atoms with Crippen LogP contribution in [0.1, 0.15) is 10.7 Å². The molecular formula is C16H17FN2O2S2. The summed E-state index contributed by atoms with van der Waals surface area (Å²) in [4.78, 5) is 20.4. The smallest absolute Gasteiger partial charge is 0.263 e. The molecule has 3 rings (SSSR count). The minimum atomic E-state index is -0.593. The molecule has 0 unspecified atom stereocenters. The molecule has 0 aromatic carbocycles. The quantitative estimate of drug-likeness (QED) is 0.680. The topological polar surface area (TPSA) is 44.1 Å². The van der Waals surface area contributed by atoms with E-state index < -0.39 is 6.67 Å². The van der Waals surface area contributed by atoms with E-state index in [1.54, 1.807) is 18.4 Å². The molecule has 3 aromatic heterocycles. The fraction of sp³-hybridized carbons (Fsp3) is 0.375. The van der Waals surface area contributed by atoms with Crippen LogP contribution in [0, 0.1) is 6.92 Å². The Morgan fingerprint density at radius 3 is 2.91 bits per heavy atom. The van der Waals surface area contributed by atoms with E-state index in [2.05, 4.69) is 4.98 Å². The molecule has 0 amide bonds. The van der Waals surface area contributed by atoms with Crippen molar-refractivity contribution in [2.75, 3.05) is 20.4 Å². The van der Waals surface area contributed by atoms with Gasteiger partial charge in [-0.2, -0.15) is 0 Å². The van der Waals surface area contributed by atoms with Gasteiger partial charge >= 0.3 is 0 Å². The average molecular weight is 352 g/mol. The van der Waals surface area contributed by atoms with Gasteiger partial charge < -0.3 is 4.74 Å². The van der Waals surface area contributed by atoms with Crippen LogP contribution < -0.4 is 5.56 Å². The van der Waals surface area contributed by atoms with Gasteiger partial charge in [-0.1, -0.05) is 6.07 Å². The van der Waals surface area contributed by atoms with E-state index >= 15 is 0 Å². The number of aromatic nitrogens is 2. The van der Waals surface area contributed by atoms with E-state index in [0.717, 1.165) is 20.1 Å². The molecular weight excluding hydrogens is 335 g/mol. The Hall–Kier alpha value is -1.57. The van der Waals surface area contributed by atoms with E-state index in [0.29, 0.717) is 24.2 Å². The number of thiophene rings is 2. The summed E-state index contributed by atoms with van der Waals surface area (Å²) in [6.07, 6.45) is 0.493. The van der Waals surface area contributed by atoms with Gasteiger partial charge in [-0.05, 0) is 18.4 Å². The molecule has 0 bridgehead atoms. The van der Waals surface area contributed by atoms with Gasteiger partial charge in [0, 0.05) is 28.8 Å².